The van der Waals surface area contributed by atoms with Gasteiger partial charge in [-0.25, -0.2) is 13.8 Å². The molecular formula is C12H10F2N2O. The minimum Gasteiger partial charge on any atom is -0.433 e. The van der Waals surface area contributed by atoms with Crippen LogP contribution >= 0.6 is 0 Å². The summed E-state index contributed by atoms with van der Waals surface area (Å²) in [6.45, 7) is 1.70. The van der Waals surface area contributed by atoms with E-state index in [1.165, 1.54) is 24.4 Å². The molecule has 3 nitrogen and oxygen atoms in total. The summed E-state index contributed by atoms with van der Waals surface area (Å²) in [6, 6.07) is 5.14. The van der Waals surface area contributed by atoms with Crippen molar-refractivity contribution in [3.8, 4) is 11.6 Å². The number of nitrogens with zero attached hydrogens (tertiary/aromatic N) is 1. The maximum atomic E-state index is 13.5. The van der Waals surface area contributed by atoms with Crippen LogP contribution < -0.4 is 10.5 Å². The molecule has 17 heavy (non-hydrogen) atoms. The highest BCUT2D eigenvalue weighted by Crippen LogP contribution is 2.28. The van der Waals surface area contributed by atoms with Gasteiger partial charge in [-0.3, -0.25) is 0 Å². The Morgan fingerprint density at radius 3 is 2.71 bits per heavy atom. The summed E-state index contributed by atoms with van der Waals surface area (Å²) in [6.07, 6.45) is 1.36. The monoisotopic (exact) mass is 236 g/mol. The minimum atomic E-state index is -0.654. The Morgan fingerprint density at radius 1 is 1.24 bits per heavy atom. The van der Waals surface area contributed by atoms with E-state index in [-0.39, 0.29) is 11.6 Å². The van der Waals surface area contributed by atoms with Crippen molar-refractivity contribution in [3.63, 3.8) is 0 Å². The number of ether oxygens (including phenoxy) is 1. The van der Waals surface area contributed by atoms with Gasteiger partial charge in [0.25, 0.3) is 5.88 Å². The third-order valence-electron chi connectivity index (χ3n) is 2.25. The second-order valence-corrected chi connectivity index (χ2v) is 3.53. The van der Waals surface area contributed by atoms with Crippen molar-refractivity contribution in [3.05, 3.63) is 47.7 Å². The highest BCUT2D eigenvalue weighted by Gasteiger charge is 2.11. The number of nitrogen functional groups attached to an aromatic ring is 1. The molecule has 0 radical (unpaired) electrons. The summed E-state index contributed by atoms with van der Waals surface area (Å²) >= 11 is 0. The number of nitrogens with two attached hydrogens (primary N) is 1. The van der Waals surface area contributed by atoms with E-state index in [9.17, 15) is 8.78 Å². The quantitative estimate of drug-likeness (QED) is 0.815. The van der Waals surface area contributed by atoms with E-state index in [0.717, 1.165) is 6.07 Å². The SMILES string of the molecule is Cc1cc(Oc2ncccc2F)c(F)cc1N. The van der Waals surface area contributed by atoms with Gasteiger partial charge in [-0.2, -0.15) is 0 Å². The fourth-order valence-corrected chi connectivity index (χ4v) is 1.30. The largest absolute Gasteiger partial charge is 0.433 e. The van der Waals surface area contributed by atoms with Gasteiger partial charge < -0.3 is 10.5 Å². The van der Waals surface area contributed by atoms with Gasteiger partial charge in [0.2, 0.25) is 0 Å². The first-order valence-electron chi connectivity index (χ1n) is 4.92. The Hall–Kier alpha value is -2.17. The molecule has 0 bridgehead atoms. The Bertz CT molecular complexity index is 558. The average Bonchev–Trinajstić information content (AvgIpc) is 2.29. The molecule has 5 heteroatoms. The highest BCUT2D eigenvalue weighted by molar-refractivity contribution is 5.51. The van der Waals surface area contributed by atoms with Crippen molar-refractivity contribution in [1.29, 1.82) is 0 Å². The first kappa shape index (κ1) is 11.3. The molecule has 0 aliphatic heterocycles. The molecule has 2 aromatic rings. The third kappa shape index (κ3) is 2.33. The predicted octanol–water partition coefficient (Wildman–Crippen LogP) is 3.04. The van der Waals surface area contributed by atoms with E-state index in [1.807, 2.05) is 0 Å². The zero-order valence-electron chi connectivity index (χ0n) is 9.08. The van der Waals surface area contributed by atoms with E-state index in [4.69, 9.17) is 10.5 Å². The number of rotatable bonds is 2. The molecule has 0 saturated carbocycles. The van der Waals surface area contributed by atoms with Crippen LogP contribution in [-0.4, -0.2) is 4.98 Å². The Kier molecular flexibility index (Phi) is 2.91. The summed E-state index contributed by atoms with van der Waals surface area (Å²) in [5.41, 5.74) is 6.49. The van der Waals surface area contributed by atoms with E-state index in [0.29, 0.717) is 11.3 Å². The molecule has 2 rings (SSSR count). The lowest BCUT2D eigenvalue weighted by molar-refractivity contribution is 0.398. The van der Waals surface area contributed by atoms with Crippen LogP contribution in [0.25, 0.3) is 0 Å². The van der Waals surface area contributed by atoms with Gasteiger partial charge in [0.05, 0.1) is 0 Å². The number of hydrogen-bond donors (Lipinski definition) is 1. The molecule has 2 N–H and O–H groups in total. The number of anilines is 1. The first-order chi connectivity index (χ1) is 8.08. The minimum absolute atomic E-state index is 0.102. The molecule has 0 aliphatic rings. The van der Waals surface area contributed by atoms with Gasteiger partial charge in [0, 0.05) is 18.0 Å². The van der Waals surface area contributed by atoms with Crippen LogP contribution in [0.2, 0.25) is 0 Å². The van der Waals surface area contributed by atoms with Crippen LogP contribution in [0, 0.1) is 18.6 Å². The number of aromatic nitrogens is 1. The number of aryl methyl sites for hydroxylation is 1. The zero-order chi connectivity index (χ0) is 12.4. The second kappa shape index (κ2) is 4.37. The molecular weight excluding hydrogens is 226 g/mol. The molecule has 0 atom stereocenters. The van der Waals surface area contributed by atoms with Gasteiger partial charge in [0.15, 0.2) is 17.4 Å². The van der Waals surface area contributed by atoms with Crippen LogP contribution in [0.5, 0.6) is 11.6 Å². The average molecular weight is 236 g/mol. The molecule has 0 fully saturated rings. The molecule has 0 aliphatic carbocycles. The number of hydrogen-bond acceptors (Lipinski definition) is 3. The third-order valence-corrected chi connectivity index (χ3v) is 2.25. The van der Waals surface area contributed by atoms with Crippen LogP contribution in [0.4, 0.5) is 14.5 Å². The smallest absolute Gasteiger partial charge is 0.255 e. The maximum Gasteiger partial charge on any atom is 0.255 e. The summed E-state index contributed by atoms with van der Waals surface area (Å²) < 4.78 is 31.8. The normalized spacial score (nSPS) is 10.3. The van der Waals surface area contributed by atoms with Crippen LogP contribution in [-0.2, 0) is 0 Å². The topological polar surface area (TPSA) is 48.1 Å². The molecule has 0 saturated heterocycles. The lowest BCUT2D eigenvalue weighted by atomic mass is 10.2. The van der Waals surface area contributed by atoms with Gasteiger partial charge in [0.1, 0.15) is 0 Å². The van der Waals surface area contributed by atoms with Crippen molar-refractivity contribution in [2.45, 2.75) is 6.92 Å². The van der Waals surface area contributed by atoms with Gasteiger partial charge >= 0.3 is 0 Å². The molecule has 0 unspecified atom stereocenters. The molecule has 1 aromatic carbocycles. The predicted molar refractivity (Wildman–Crippen MR) is 59.8 cm³/mol. The lowest BCUT2D eigenvalue weighted by Gasteiger charge is -2.08. The summed E-state index contributed by atoms with van der Waals surface area (Å²) in [4.78, 5) is 3.67. The summed E-state index contributed by atoms with van der Waals surface area (Å²) in [5.74, 6) is -1.68. The first-order valence-corrected chi connectivity index (χ1v) is 4.92. The van der Waals surface area contributed by atoms with E-state index in [2.05, 4.69) is 4.98 Å². The number of benzene rings is 1. The van der Waals surface area contributed by atoms with Crippen molar-refractivity contribution < 1.29 is 13.5 Å². The maximum absolute atomic E-state index is 13.5. The van der Waals surface area contributed by atoms with Crippen molar-refractivity contribution in [1.82, 2.24) is 4.98 Å². The fraction of sp³-hybridized carbons (Fsp3) is 0.0833. The Morgan fingerprint density at radius 2 is 2.00 bits per heavy atom. The van der Waals surface area contributed by atoms with Crippen LogP contribution in [0.15, 0.2) is 30.5 Å². The van der Waals surface area contributed by atoms with E-state index < -0.39 is 11.6 Å². The molecule has 0 amide bonds. The number of pyridine rings is 1. The lowest BCUT2D eigenvalue weighted by Crippen LogP contribution is -1.97. The van der Waals surface area contributed by atoms with Crippen LogP contribution in [0.3, 0.4) is 0 Å². The fourth-order valence-electron chi connectivity index (χ4n) is 1.30. The standard InChI is InChI=1S/C12H10F2N2O/c1-7-5-11(9(14)6-10(7)15)17-12-8(13)3-2-4-16-12/h2-6H,15H2,1H3. The summed E-state index contributed by atoms with van der Waals surface area (Å²) in [7, 11) is 0. The molecule has 0 spiro atoms. The van der Waals surface area contributed by atoms with E-state index in [1.54, 1.807) is 6.92 Å². The molecule has 88 valence electrons. The van der Waals surface area contributed by atoms with Crippen molar-refractivity contribution in [2.75, 3.05) is 5.73 Å². The van der Waals surface area contributed by atoms with Crippen molar-refractivity contribution in [2.24, 2.45) is 0 Å². The van der Waals surface area contributed by atoms with Gasteiger partial charge in [-0.15, -0.1) is 0 Å². The van der Waals surface area contributed by atoms with Gasteiger partial charge in [-0.05, 0) is 30.7 Å². The second-order valence-electron chi connectivity index (χ2n) is 3.53. The zero-order valence-corrected chi connectivity index (χ0v) is 9.08. The highest BCUT2D eigenvalue weighted by atomic mass is 19.1. The van der Waals surface area contributed by atoms with Crippen molar-refractivity contribution >= 4 is 5.69 Å². The van der Waals surface area contributed by atoms with E-state index >= 15 is 0 Å². The van der Waals surface area contributed by atoms with Crippen LogP contribution in [0.1, 0.15) is 5.56 Å². The molecule has 1 aromatic heterocycles. The molecule has 1 heterocycles. The Balaban J connectivity index is 2.37. The summed E-state index contributed by atoms with van der Waals surface area (Å²) in [5, 5.41) is 0. The van der Waals surface area contributed by atoms with Gasteiger partial charge in [-0.1, -0.05) is 0 Å². The number of halogens is 2. The Labute approximate surface area is 96.9 Å².